The molecule has 156 valence electrons. The van der Waals surface area contributed by atoms with Gasteiger partial charge in [-0.05, 0) is 36.6 Å². The third kappa shape index (κ3) is 4.18. The molecular formula is C20H22F3N3O2S. The molecule has 1 unspecified atom stereocenters. The number of hydrogen-bond acceptors (Lipinski definition) is 4. The van der Waals surface area contributed by atoms with E-state index in [1.807, 2.05) is 4.90 Å². The first-order valence-corrected chi connectivity index (χ1v) is 10.9. The molecule has 9 heteroatoms. The number of hydrogen-bond donors (Lipinski definition) is 2. The van der Waals surface area contributed by atoms with E-state index in [-0.39, 0.29) is 23.5 Å². The molecule has 1 saturated heterocycles. The molecule has 0 aliphatic carbocycles. The van der Waals surface area contributed by atoms with E-state index in [9.17, 15) is 21.9 Å². The second-order valence-corrected chi connectivity index (χ2v) is 9.39. The van der Waals surface area contributed by atoms with Gasteiger partial charge < -0.3 is 9.87 Å². The van der Waals surface area contributed by atoms with Crippen LogP contribution in [-0.2, 0) is 27.3 Å². The summed E-state index contributed by atoms with van der Waals surface area (Å²) in [6.45, 7) is 1.61. The minimum Gasteiger partial charge on any atom is -0.593 e. The first kappa shape index (κ1) is 20.3. The van der Waals surface area contributed by atoms with Crippen molar-refractivity contribution >= 4 is 16.1 Å². The average Bonchev–Trinajstić information content (AvgIpc) is 2.78. The van der Waals surface area contributed by atoms with Crippen molar-refractivity contribution < 1.29 is 21.9 Å². The maximum absolute atomic E-state index is 13.3. The number of sulfonamides is 1. The zero-order valence-electron chi connectivity index (χ0n) is 15.7. The first-order chi connectivity index (χ1) is 13.7. The van der Waals surface area contributed by atoms with Crippen LogP contribution in [0.4, 0.5) is 18.9 Å². The molecule has 2 aliphatic heterocycles. The van der Waals surface area contributed by atoms with Crippen molar-refractivity contribution in [1.82, 2.24) is 9.62 Å². The van der Waals surface area contributed by atoms with Crippen molar-refractivity contribution in [2.75, 3.05) is 25.0 Å². The molecular weight excluding hydrogens is 403 g/mol. The molecule has 5 nitrogen and oxygen atoms in total. The molecule has 2 heterocycles. The fraction of sp³-hybridized carbons (Fsp3) is 0.400. The topological polar surface area (TPSA) is 67.4 Å². The summed E-state index contributed by atoms with van der Waals surface area (Å²) in [5, 5.41) is 3.40. The van der Waals surface area contributed by atoms with Crippen LogP contribution < -0.4 is 10.0 Å². The van der Waals surface area contributed by atoms with Gasteiger partial charge in [-0.1, -0.05) is 34.5 Å². The van der Waals surface area contributed by atoms with E-state index in [4.69, 9.17) is 0 Å². The molecule has 0 saturated carbocycles. The normalized spacial score (nSPS) is 24.6. The Morgan fingerprint density at radius 1 is 1.07 bits per heavy atom. The molecule has 0 amide bonds. The Morgan fingerprint density at radius 2 is 1.72 bits per heavy atom. The Hall–Kier alpha value is -1.94. The minimum absolute atomic E-state index is 0.216. The Labute approximate surface area is 168 Å². The molecule has 0 radical (unpaired) electrons. The molecule has 2 N–H and O–H groups in total. The highest BCUT2D eigenvalue weighted by Gasteiger charge is 2.42. The van der Waals surface area contributed by atoms with E-state index in [0.29, 0.717) is 31.6 Å². The number of anilines is 1. The van der Waals surface area contributed by atoms with E-state index < -0.39 is 27.7 Å². The predicted molar refractivity (Wildman–Crippen MR) is 104 cm³/mol. The summed E-state index contributed by atoms with van der Waals surface area (Å²) in [7, 11) is -3.59. The number of alkyl halides is 3. The van der Waals surface area contributed by atoms with E-state index >= 15 is 0 Å². The number of likely N-dealkylation sites (tertiary alicyclic amines) is 1. The number of benzene rings is 2. The van der Waals surface area contributed by atoms with Crippen LogP contribution >= 0.6 is 0 Å². The van der Waals surface area contributed by atoms with Gasteiger partial charge in [-0.25, -0.2) is 0 Å². The monoisotopic (exact) mass is 425 g/mol. The largest absolute Gasteiger partial charge is 0.593 e. The van der Waals surface area contributed by atoms with Crippen LogP contribution in [0.2, 0.25) is 0 Å². The number of rotatable bonds is 2. The van der Waals surface area contributed by atoms with Crippen LogP contribution in [0.5, 0.6) is 0 Å². The lowest BCUT2D eigenvalue weighted by Gasteiger charge is -2.42. The Kier molecular flexibility index (Phi) is 5.18. The number of nitrogens with zero attached hydrogens (tertiary/aromatic N) is 1. The van der Waals surface area contributed by atoms with E-state index in [1.165, 1.54) is 12.1 Å². The molecule has 2 aliphatic rings. The number of fused-ring (bicyclic) bond motifs is 1. The molecule has 1 spiro atoms. The SMILES string of the molecule is O=[S+]1([O-])NCC2(CCN(Cc3ccccc3C(F)(F)F)CC2)Nc2ccccc21. The fourth-order valence-corrected chi connectivity index (χ4v) is 5.35. The van der Waals surface area contributed by atoms with Gasteiger partial charge in [0.25, 0.3) is 0 Å². The smallest absolute Gasteiger partial charge is 0.416 e. The van der Waals surface area contributed by atoms with E-state index in [0.717, 1.165) is 6.07 Å². The molecule has 0 bridgehead atoms. The second kappa shape index (κ2) is 7.39. The Balaban J connectivity index is 1.49. The van der Waals surface area contributed by atoms with Gasteiger partial charge in [0.15, 0.2) is 15.3 Å². The van der Waals surface area contributed by atoms with Crippen LogP contribution in [-0.4, -0.2) is 34.6 Å². The summed E-state index contributed by atoms with van der Waals surface area (Å²) in [5.41, 5.74) is -0.238. The van der Waals surface area contributed by atoms with Gasteiger partial charge in [0, 0.05) is 19.6 Å². The maximum atomic E-state index is 13.3. The lowest BCUT2D eigenvalue weighted by molar-refractivity contribution is -0.138. The quantitative estimate of drug-likeness (QED) is 0.721. The summed E-state index contributed by atoms with van der Waals surface area (Å²) in [5.74, 6) is 0. The van der Waals surface area contributed by atoms with Gasteiger partial charge in [0.05, 0.1) is 23.3 Å². The van der Waals surface area contributed by atoms with Crippen LogP contribution in [0.3, 0.4) is 0 Å². The number of para-hydroxylation sites is 1. The van der Waals surface area contributed by atoms with Gasteiger partial charge in [-0.3, -0.25) is 4.90 Å². The van der Waals surface area contributed by atoms with Crippen LogP contribution in [0.1, 0.15) is 24.0 Å². The van der Waals surface area contributed by atoms with Crippen LogP contribution in [0, 0.1) is 0 Å². The molecule has 2 aromatic rings. The summed E-state index contributed by atoms with van der Waals surface area (Å²) in [6.07, 6.45) is -3.13. The zero-order valence-corrected chi connectivity index (χ0v) is 16.5. The summed E-state index contributed by atoms with van der Waals surface area (Å²) >= 11 is 0. The van der Waals surface area contributed by atoms with Gasteiger partial charge in [-0.15, -0.1) is 4.72 Å². The van der Waals surface area contributed by atoms with E-state index in [2.05, 4.69) is 10.0 Å². The molecule has 4 rings (SSSR count). The standard InChI is InChI=1S/C20H22F3N3O2S/c21-20(22,23)16-6-2-1-5-15(16)13-26-11-9-19(10-12-26)14-24-29(27,28)18-8-4-3-7-17(18)25-19/h1-8,25H,9-14H2,(H-,24,27,28). The van der Waals surface area contributed by atoms with Crippen LogP contribution in [0.15, 0.2) is 53.4 Å². The third-order valence-corrected chi connectivity index (χ3v) is 7.17. The minimum atomic E-state index is -4.38. The molecule has 0 aromatic heterocycles. The van der Waals surface area contributed by atoms with Crippen molar-refractivity contribution in [3.05, 3.63) is 59.7 Å². The highest BCUT2D eigenvalue weighted by Crippen LogP contribution is 2.36. The summed E-state index contributed by atoms with van der Waals surface area (Å²) in [4.78, 5) is 2.21. The average molecular weight is 425 g/mol. The highest BCUT2D eigenvalue weighted by molar-refractivity contribution is 7.96. The Bertz CT molecular complexity index is 943. The van der Waals surface area contributed by atoms with Gasteiger partial charge in [-0.2, -0.15) is 13.2 Å². The number of halogens is 3. The molecule has 1 atom stereocenters. The van der Waals surface area contributed by atoms with Gasteiger partial charge in [0.1, 0.15) is 0 Å². The number of nitrogens with one attached hydrogen (secondary N) is 2. The van der Waals surface area contributed by atoms with Crippen molar-refractivity contribution in [1.29, 1.82) is 0 Å². The first-order valence-electron chi connectivity index (χ1n) is 9.43. The van der Waals surface area contributed by atoms with E-state index in [1.54, 1.807) is 30.3 Å². The van der Waals surface area contributed by atoms with Crippen molar-refractivity contribution in [3.8, 4) is 0 Å². The van der Waals surface area contributed by atoms with Crippen molar-refractivity contribution in [2.24, 2.45) is 0 Å². The second-order valence-electron chi connectivity index (χ2n) is 7.66. The summed E-state index contributed by atoms with van der Waals surface area (Å²) < 4.78 is 67.4. The molecule has 2 aromatic carbocycles. The third-order valence-electron chi connectivity index (χ3n) is 5.71. The fourth-order valence-electron chi connectivity index (χ4n) is 4.06. The molecule has 29 heavy (non-hydrogen) atoms. The zero-order chi connectivity index (χ0) is 20.7. The lowest BCUT2D eigenvalue weighted by Crippen LogP contribution is -2.54. The van der Waals surface area contributed by atoms with Gasteiger partial charge in [0.2, 0.25) is 0 Å². The van der Waals surface area contributed by atoms with Crippen molar-refractivity contribution in [3.63, 3.8) is 0 Å². The van der Waals surface area contributed by atoms with Crippen molar-refractivity contribution in [2.45, 2.75) is 36.0 Å². The Morgan fingerprint density at radius 3 is 2.45 bits per heavy atom. The highest BCUT2D eigenvalue weighted by atomic mass is 32.3. The maximum Gasteiger partial charge on any atom is 0.416 e. The predicted octanol–water partition coefficient (Wildman–Crippen LogP) is 3.66. The molecule has 1 fully saturated rings. The van der Waals surface area contributed by atoms with Crippen LogP contribution in [0.25, 0.3) is 0 Å². The number of piperidine rings is 1. The lowest BCUT2D eigenvalue weighted by atomic mass is 9.86. The van der Waals surface area contributed by atoms with Gasteiger partial charge >= 0.3 is 6.18 Å². The summed E-state index contributed by atoms with van der Waals surface area (Å²) in [6, 6.07) is 12.4.